The second-order valence-electron chi connectivity index (χ2n) is 5.35. The van der Waals surface area contributed by atoms with Gasteiger partial charge in [-0.15, -0.1) is 0 Å². The lowest BCUT2D eigenvalue weighted by molar-refractivity contribution is -0.128. The Labute approximate surface area is 115 Å². The average Bonchev–Trinajstić information content (AvgIpc) is 3.04. The summed E-state index contributed by atoms with van der Waals surface area (Å²) >= 11 is 0. The van der Waals surface area contributed by atoms with Gasteiger partial charge in [0.25, 0.3) is 0 Å². The van der Waals surface area contributed by atoms with Crippen molar-refractivity contribution in [1.29, 1.82) is 0 Å². The van der Waals surface area contributed by atoms with Crippen LogP contribution in [-0.2, 0) is 4.79 Å². The maximum atomic E-state index is 12.0. The van der Waals surface area contributed by atoms with Gasteiger partial charge in [0, 0.05) is 20.1 Å². The Morgan fingerprint density at radius 3 is 3.10 bits per heavy atom. The normalized spacial score (nSPS) is 22.4. The fraction of sp³-hybridized carbons (Fsp3) is 0.500. The van der Waals surface area contributed by atoms with E-state index < -0.39 is 5.41 Å². The smallest absolute Gasteiger partial charge is 0.227 e. The topological polar surface area (TPSA) is 113 Å². The molecule has 1 fully saturated rings. The third-order valence-electron chi connectivity index (χ3n) is 3.86. The van der Waals surface area contributed by atoms with Crippen molar-refractivity contribution in [2.75, 3.05) is 30.8 Å². The van der Waals surface area contributed by atoms with E-state index in [4.69, 9.17) is 5.73 Å². The SMILES string of the molecule is CNC(=O)C1(C)CCN(c2nc(N)nc3[nH]ncc23)C1. The number of anilines is 2. The quantitative estimate of drug-likeness (QED) is 0.705. The monoisotopic (exact) mass is 275 g/mol. The highest BCUT2D eigenvalue weighted by atomic mass is 16.2. The van der Waals surface area contributed by atoms with Crippen LogP contribution in [0.2, 0.25) is 0 Å². The van der Waals surface area contributed by atoms with Crippen LogP contribution < -0.4 is 16.0 Å². The first kappa shape index (κ1) is 12.6. The summed E-state index contributed by atoms with van der Waals surface area (Å²) < 4.78 is 0. The molecule has 8 nitrogen and oxygen atoms in total. The van der Waals surface area contributed by atoms with Crippen LogP contribution in [0, 0.1) is 5.41 Å². The highest BCUT2D eigenvalue weighted by Crippen LogP contribution is 2.35. The summed E-state index contributed by atoms with van der Waals surface area (Å²) in [7, 11) is 1.66. The van der Waals surface area contributed by atoms with E-state index in [2.05, 4.69) is 30.4 Å². The van der Waals surface area contributed by atoms with E-state index in [0.717, 1.165) is 24.2 Å². The minimum atomic E-state index is -0.412. The van der Waals surface area contributed by atoms with E-state index in [9.17, 15) is 4.79 Å². The molecule has 0 aromatic carbocycles. The number of fused-ring (bicyclic) bond motifs is 1. The molecule has 2 aromatic rings. The molecule has 0 saturated carbocycles. The summed E-state index contributed by atoms with van der Waals surface area (Å²) in [5, 5.41) is 10.3. The maximum Gasteiger partial charge on any atom is 0.227 e. The molecule has 2 aromatic heterocycles. The number of aromatic amines is 1. The minimum absolute atomic E-state index is 0.0467. The van der Waals surface area contributed by atoms with Gasteiger partial charge in [-0.25, -0.2) is 0 Å². The number of rotatable bonds is 2. The molecule has 1 atom stereocenters. The first-order chi connectivity index (χ1) is 9.53. The zero-order valence-electron chi connectivity index (χ0n) is 11.5. The van der Waals surface area contributed by atoms with Crippen LogP contribution in [-0.4, -0.2) is 46.2 Å². The Balaban J connectivity index is 1.97. The fourth-order valence-corrected chi connectivity index (χ4v) is 2.71. The largest absolute Gasteiger partial charge is 0.368 e. The molecular formula is C12H17N7O. The van der Waals surface area contributed by atoms with Crippen LogP contribution in [0.3, 0.4) is 0 Å². The molecule has 0 aliphatic carbocycles. The van der Waals surface area contributed by atoms with Gasteiger partial charge >= 0.3 is 0 Å². The molecule has 1 aliphatic heterocycles. The Morgan fingerprint density at radius 1 is 1.55 bits per heavy atom. The van der Waals surface area contributed by atoms with Crippen molar-refractivity contribution in [3.8, 4) is 0 Å². The highest BCUT2D eigenvalue weighted by Gasteiger charge is 2.40. The van der Waals surface area contributed by atoms with Crippen LogP contribution in [0.25, 0.3) is 11.0 Å². The number of nitrogens with two attached hydrogens (primary N) is 1. The molecular weight excluding hydrogens is 258 g/mol. The lowest BCUT2D eigenvalue weighted by Crippen LogP contribution is -2.39. The second kappa shape index (κ2) is 4.32. The van der Waals surface area contributed by atoms with Crippen molar-refractivity contribution in [3.63, 3.8) is 0 Å². The predicted octanol–water partition coefficient (Wildman–Crippen LogP) is -0.102. The lowest BCUT2D eigenvalue weighted by atomic mass is 9.89. The zero-order chi connectivity index (χ0) is 14.3. The molecule has 3 rings (SSSR count). The average molecular weight is 275 g/mol. The van der Waals surface area contributed by atoms with E-state index in [1.165, 1.54) is 0 Å². The summed E-state index contributed by atoms with van der Waals surface area (Å²) in [4.78, 5) is 22.4. The maximum absolute atomic E-state index is 12.0. The molecule has 0 bridgehead atoms. The molecule has 0 spiro atoms. The number of nitrogen functional groups attached to an aromatic ring is 1. The van der Waals surface area contributed by atoms with Crippen molar-refractivity contribution in [3.05, 3.63) is 6.20 Å². The number of hydrogen-bond acceptors (Lipinski definition) is 6. The Bertz CT molecular complexity index is 667. The standard InChI is InChI=1S/C12H17N7O/c1-12(10(20)14-2)3-4-19(6-12)9-7-5-15-18-8(7)16-11(13)17-9/h5H,3-4,6H2,1-2H3,(H,14,20)(H3,13,15,16,17,18). The van der Waals surface area contributed by atoms with E-state index in [1.807, 2.05) is 6.92 Å². The number of aromatic nitrogens is 4. The second-order valence-corrected chi connectivity index (χ2v) is 5.35. The lowest BCUT2D eigenvalue weighted by Gasteiger charge is -2.23. The fourth-order valence-electron chi connectivity index (χ4n) is 2.71. The van der Waals surface area contributed by atoms with Crippen LogP contribution >= 0.6 is 0 Å². The molecule has 1 amide bonds. The van der Waals surface area contributed by atoms with Crippen molar-refractivity contribution >= 4 is 28.7 Å². The molecule has 1 aliphatic rings. The van der Waals surface area contributed by atoms with Crippen LogP contribution in [0.15, 0.2) is 6.20 Å². The van der Waals surface area contributed by atoms with Gasteiger partial charge in [-0.2, -0.15) is 15.1 Å². The van der Waals surface area contributed by atoms with Gasteiger partial charge in [-0.1, -0.05) is 0 Å². The Hall–Kier alpha value is -2.38. The van der Waals surface area contributed by atoms with Crippen molar-refractivity contribution < 1.29 is 4.79 Å². The van der Waals surface area contributed by atoms with Crippen molar-refractivity contribution in [2.45, 2.75) is 13.3 Å². The molecule has 106 valence electrons. The predicted molar refractivity (Wildman–Crippen MR) is 75.1 cm³/mol. The molecule has 1 saturated heterocycles. The van der Waals surface area contributed by atoms with Gasteiger partial charge in [0.15, 0.2) is 5.65 Å². The number of nitrogens with one attached hydrogen (secondary N) is 2. The van der Waals surface area contributed by atoms with E-state index in [-0.39, 0.29) is 11.9 Å². The number of amides is 1. The first-order valence-electron chi connectivity index (χ1n) is 6.47. The van der Waals surface area contributed by atoms with Gasteiger partial charge in [-0.05, 0) is 13.3 Å². The van der Waals surface area contributed by atoms with Gasteiger partial charge in [0.2, 0.25) is 11.9 Å². The molecule has 0 radical (unpaired) electrons. The summed E-state index contributed by atoms with van der Waals surface area (Å²) in [6.45, 7) is 3.31. The van der Waals surface area contributed by atoms with Crippen LogP contribution in [0.4, 0.5) is 11.8 Å². The first-order valence-corrected chi connectivity index (χ1v) is 6.47. The van der Waals surface area contributed by atoms with Crippen molar-refractivity contribution in [2.24, 2.45) is 5.41 Å². The summed E-state index contributed by atoms with van der Waals surface area (Å²) in [5.41, 5.74) is 5.93. The zero-order valence-corrected chi connectivity index (χ0v) is 11.5. The van der Waals surface area contributed by atoms with Gasteiger partial charge in [-0.3, -0.25) is 9.89 Å². The van der Waals surface area contributed by atoms with Crippen molar-refractivity contribution in [1.82, 2.24) is 25.5 Å². The van der Waals surface area contributed by atoms with E-state index >= 15 is 0 Å². The third kappa shape index (κ3) is 1.84. The third-order valence-corrected chi connectivity index (χ3v) is 3.86. The Morgan fingerprint density at radius 2 is 2.35 bits per heavy atom. The number of nitrogens with zero attached hydrogens (tertiary/aromatic N) is 4. The molecule has 20 heavy (non-hydrogen) atoms. The van der Waals surface area contributed by atoms with E-state index in [0.29, 0.717) is 12.2 Å². The summed E-state index contributed by atoms with van der Waals surface area (Å²) in [6.07, 6.45) is 2.45. The van der Waals surface area contributed by atoms with Gasteiger partial charge < -0.3 is 16.0 Å². The summed E-state index contributed by atoms with van der Waals surface area (Å²) in [5.74, 6) is 0.977. The van der Waals surface area contributed by atoms with Gasteiger partial charge in [0.1, 0.15) is 5.82 Å². The molecule has 4 N–H and O–H groups in total. The number of hydrogen-bond donors (Lipinski definition) is 3. The number of carbonyl (C=O) groups is 1. The van der Waals surface area contributed by atoms with Crippen LogP contribution in [0.5, 0.6) is 0 Å². The number of carbonyl (C=O) groups excluding carboxylic acids is 1. The minimum Gasteiger partial charge on any atom is -0.368 e. The summed E-state index contributed by atoms with van der Waals surface area (Å²) in [6, 6.07) is 0. The molecule has 8 heteroatoms. The van der Waals surface area contributed by atoms with Crippen LogP contribution in [0.1, 0.15) is 13.3 Å². The molecule has 3 heterocycles. The van der Waals surface area contributed by atoms with E-state index in [1.54, 1.807) is 13.2 Å². The molecule has 1 unspecified atom stereocenters. The number of H-pyrrole nitrogens is 1. The highest BCUT2D eigenvalue weighted by molar-refractivity contribution is 5.89. The van der Waals surface area contributed by atoms with Gasteiger partial charge in [0.05, 0.1) is 17.0 Å². The Kier molecular flexibility index (Phi) is 2.73.